The van der Waals surface area contributed by atoms with Gasteiger partial charge in [-0.3, -0.25) is 0 Å². The summed E-state index contributed by atoms with van der Waals surface area (Å²) in [6.07, 6.45) is 0. The van der Waals surface area contributed by atoms with Crippen LogP contribution in [-0.2, 0) is 0 Å². The minimum absolute atomic E-state index is 0.299. The molecule has 7 aromatic rings. The molecule has 0 saturated carbocycles. The monoisotopic (exact) mass is 1330 g/mol. The molecule has 1 N–H and O–H groups in total. The van der Waals surface area contributed by atoms with Crippen molar-refractivity contribution in [3.05, 3.63) is 201 Å². The fourth-order valence-electron chi connectivity index (χ4n) is 4.86. The third-order valence-corrected chi connectivity index (χ3v) is 18.3. The summed E-state index contributed by atoms with van der Waals surface area (Å²) < 4.78 is 42.4. The normalized spacial score (nSPS) is 15.9. The number of halogens is 7. The van der Waals surface area contributed by atoms with Crippen molar-refractivity contribution in [2.75, 3.05) is 0 Å². The van der Waals surface area contributed by atoms with Gasteiger partial charge < -0.3 is 32.9 Å². The number of phenols is 1. The number of benzene rings is 7. The molecule has 0 saturated heterocycles. The highest BCUT2D eigenvalue weighted by atomic mass is 79.9. The Morgan fingerprint density at radius 2 is 0.694 bits per heavy atom. The largest absolute Gasteiger partial charge is 0.508 e. The lowest BCUT2D eigenvalue weighted by molar-refractivity contribution is 0.0545. The first-order valence-electron chi connectivity index (χ1n) is 17.8. The molecule has 0 amide bonds. The second-order valence-electron chi connectivity index (χ2n) is 12.3. The summed E-state index contributed by atoms with van der Waals surface area (Å²) in [7, 11) is -8.21. The van der Waals surface area contributed by atoms with Gasteiger partial charge in [0, 0.05) is 40.5 Å². The van der Waals surface area contributed by atoms with E-state index < -0.39 is 24.6 Å². The molecule has 0 spiro atoms. The lowest BCUT2D eigenvalue weighted by Crippen LogP contribution is -2.37. The summed E-state index contributed by atoms with van der Waals surface area (Å²) >= 11 is 24.5. The van der Waals surface area contributed by atoms with Crippen LogP contribution in [0.2, 0.25) is 0 Å². The van der Waals surface area contributed by atoms with Gasteiger partial charge in [0.15, 0.2) is 0 Å². The van der Waals surface area contributed by atoms with Crippen LogP contribution < -0.4 is 27.8 Å². The number of hydrogen-bond acceptors (Lipinski definition) is 10. The van der Waals surface area contributed by atoms with E-state index in [9.17, 15) is 0 Å². The summed E-state index contributed by atoms with van der Waals surface area (Å²) in [5.41, 5.74) is 0. The van der Waals surface area contributed by atoms with Crippen LogP contribution in [0.3, 0.4) is 0 Å². The molecule has 62 heavy (non-hydrogen) atoms. The van der Waals surface area contributed by atoms with Crippen LogP contribution in [0, 0.1) is 0 Å². The Hall–Kier alpha value is -2.49. The maximum absolute atomic E-state index is 8.74. The summed E-state index contributed by atoms with van der Waals surface area (Å²) in [6.45, 7) is 0. The molecule has 318 valence electrons. The Balaban J connectivity index is 0.000000650. The van der Waals surface area contributed by atoms with Gasteiger partial charge in [0.2, 0.25) is 0 Å². The molecule has 0 fully saturated rings. The number of rotatable bonds is 12. The number of hydrogen-bond donors (Lipinski definition) is 1. The maximum Gasteiger partial charge on any atom is 0.447 e. The van der Waals surface area contributed by atoms with Gasteiger partial charge in [-0.1, -0.05) is 112 Å². The molecule has 1 heterocycles. The van der Waals surface area contributed by atoms with Crippen molar-refractivity contribution >= 4 is 136 Å². The lowest BCUT2D eigenvalue weighted by Gasteiger charge is -2.43. The fraction of sp³-hybridized carbons (Fsp3) is 0. The molecule has 7 aromatic carbocycles. The van der Waals surface area contributed by atoms with Gasteiger partial charge in [-0.2, -0.15) is 0 Å². The molecule has 2 unspecified atom stereocenters. The predicted molar refractivity (Wildman–Crippen MR) is 271 cm³/mol. The van der Waals surface area contributed by atoms with Gasteiger partial charge in [-0.15, -0.1) is 4.52 Å². The zero-order chi connectivity index (χ0) is 43.6. The molecule has 8 rings (SSSR count). The van der Waals surface area contributed by atoms with Crippen molar-refractivity contribution in [3.63, 3.8) is 0 Å². The predicted octanol–water partition coefficient (Wildman–Crippen LogP) is 18.0. The first kappa shape index (κ1) is 47.5. The minimum Gasteiger partial charge on any atom is -0.508 e. The molecule has 0 aliphatic carbocycles. The van der Waals surface area contributed by atoms with Crippen LogP contribution in [0.5, 0.6) is 40.2 Å². The highest BCUT2D eigenvalue weighted by molar-refractivity contribution is 9.11. The van der Waals surface area contributed by atoms with E-state index >= 15 is 0 Å². The third-order valence-electron chi connectivity index (χ3n) is 7.75. The Bertz CT molecular complexity index is 2520. The average molecular weight is 1340 g/mol. The van der Waals surface area contributed by atoms with Crippen LogP contribution in [0.25, 0.3) is 0 Å². The minimum atomic E-state index is -3.85. The highest BCUT2D eigenvalue weighted by Gasteiger charge is 2.58. The van der Waals surface area contributed by atoms with Crippen LogP contribution in [-0.4, -0.2) is 14.3 Å². The smallest absolute Gasteiger partial charge is 0.447 e. The molecule has 10 nitrogen and oxygen atoms in total. The Kier molecular flexibility index (Phi) is 17.3. The van der Waals surface area contributed by atoms with Gasteiger partial charge in [0.1, 0.15) is 40.2 Å². The Morgan fingerprint density at radius 1 is 0.387 bits per heavy atom. The van der Waals surface area contributed by atoms with Gasteiger partial charge in [0.25, 0.3) is 0 Å². The number of aromatic hydroxyl groups is 1. The van der Waals surface area contributed by atoms with Gasteiger partial charge in [-0.25, -0.2) is 0 Å². The van der Waals surface area contributed by atoms with E-state index in [0.717, 1.165) is 31.3 Å². The fourth-order valence-corrected chi connectivity index (χ4v) is 14.2. The summed E-state index contributed by atoms with van der Waals surface area (Å²) in [6, 6.07) is 51.4. The maximum atomic E-state index is 8.74. The molecule has 2 atom stereocenters. The SMILES string of the molecule is Brc1ccc(ON2P(Oc3ccc(Br)cc3)N=P(Oc3ccc(Br)cc3)(Oc3ccc(Br)cc3)N(Oc3ccc(Br)cc3)P2Oc2ccc(Br)cc2)cc1.Oc1ccc(Br)cc1. The molecule has 1 aliphatic rings. The first-order chi connectivity index (χ1) is 29.9. The topological polar surface area (TPSA) is 94.5 Å². The van der Waals surface area contributed by atoms with Gasteiger partial charge in [0.05, 0.1) is 0 Å². The number of nitrogens with zero attached hydrogens (tertiary/aromatic N) is 3. The van der Waals surface area contributed by atoms with Crippen molar-refractivity contribution in [2.45, 2.75) is 0 Å². The van der Waals surface area contributed by atoms with Crippen LogP contribution in [0.15, 0.2) is 206 Å². The van der Waals surface area contributed by atoms with E-state index in [-0.39, 0.29) is 0 Å². The quantitative estimate of drug-likeness (QED) is 0.120. The van der Waals surface area contributed by atoms with Crippen molar-refractivity contribution in [2.24, 2.45) is 4.52 Å². The molecule has 1 aliphatic heterocycles. The second kappa shape index (κ2) is 22.6. The number of phenolic OH excluding ortho intramolecular Hbond substituents is 1. The lowest BCUT2D eigenvalue weighted by atomic mass is 10.3. The molecule has 0 radical (unpaired) electrons. The van der Waals surface area contributed by atoms with Crippen LogP contribution >= 0.6 is 136 Å². The Morgan fingerprint density at radius 3 is 1.06 bits per heavy atom. The van der Waals surface area contributed by atoms with Gasteiger partial charge >= 0.3 is 24.6 Å². The molecular weight excluding hydrogens is 1310 g/mol. The van der Waals surface area contributed by atoms with E-state index in [0.29, 0.717) is 40.2 Å². The molecular formula is C42H29Br7N3O7P3. The van der Waals surface area contributed by atoms with E-state index in [2.05, 4.69) is 112 Å². The summed E-state index contributed by atoms with van der Waals surface area (Å²) in [5.74, 6) is 3.25. The van der Waals surface area contributed by atoms with Crippen molar-refractivity contribution in [1.29, 1.82) is 0 Å². The third kappa shape index (κ3) is 13.5. The first-order valence-corrected chi connectivity index (χ1v) is 27.2. The summed E-state index contributed by atoms with van der Waals surface area (Å²) in [4.78, 5) is 13.6. The van der Waals surface area contributed by atoms with Crippen molar-refractivity contribution in [3.8, 4) is 40.2 Å². The van der Waals surface area contributed by atoms with Gasteiger partial charge in [-0.05, 0) is 170 Å². The zero-order valence-corrected chi connectivity index (χ0v) is 45.2. The summed E-state index contributed by atoms with van der Waals surface area (Å²) in [5, 5.41) is 8.74. The van der Waals surface area contributed by atoms with E-state index in [1.165, 1.54) is 0 Å². The Labute approximate surface area is 419 Å². The van der Waals surface area contributed by atoms with Crippen molar-refractivity contribution in [1.82, 2.24) is 9.21 Å². The molecule has 20 heteroatoms. The molecule has 0 aromatic heterocycles. The average Bonchev–Trinajstić information content (AvgIpc) is 3.26. The van der Waals surface area contributed by atoms with Crippen molar-refractivity contribution < 1.29 is 32.9 Å². The second-order valence-corrected chi connectivity index (χ2v) is 24.3. The van der Waals surface area contributed by atoms with E-state index in [1.54, 1.807) is 33.5 Å². The van der Waals surface area contributed by atoms with E-state index in [4.69, 9.17) is 37.4 Å². The van der Waals surface area contributed by atoms with E-state index in [1.807, 2.05) is 146 Å². The molecule has 0 bridgehead atoms. The standard InChI is InChI=1S/C36H24Br6N3O6P3.C6H5BrO/c37-25-1-13-31(14-2-25)46-44-52(48-33-17-5-27(39)6-18-33)43-54(50-35-21-9-29(41)10-22-35,51-36-23-11-30(42)12-24-36)45(47-32-15-3-26(38)4-16-32)53(44)49-34-19-7-28(40)8-20-34;7-5-1-3-6(8)4-2-5/h1-24H;1-4,8H. The zero-order valence-electron chi connectivity index (χ0n) is 31.4. The highest BCUT2D eigenvalue weighted by Crippen LogP contribution is 2.77. The van der Waals surface area contributed by atoms with Crippen LogP contribution in [0.1, 0.15) is 0 Å². The van der Waals surface area contributed by atoms with Crippen LogP contribution in [0.4, 0.5) is 0 Å².